The first-order chi connectivity index (χ1) is 11.2. The van der Waals surface area contributed by atoms with Gasteiger partial charge in [0.25, 0.3) is 5.91 Å². The summed E-state index contributed by atoms with van der Waals surface area (Å²) in [6.45, 7) is 0.605. The van der Waals surface area contributed by atoms with Gasteiger partial charge in [0.2, 0.25) is 0 Å². The summed E-state index contributed by atoms with van der Waals surface area (Å²) in [7, 11) is 1.79. The zero-order valence-electron chi connectivity index (χ0n) is 12.8. The average Bonchev–Trinajstić information content (AvgIpc) is 3.21. The molecule has 0 aliphatic rings. The zero-order chi connectivity index (χ0) is 16.1. The van der Waals surface area contributed by atoms with Gasteiger partial charge in [0.15, 0.2) is 0 Å². The third-order valence-corrected chi connectivity index (χ3v) is 4.19. The van der Waals surface area contributed by atoms with Crippen molar-refractivity contribution in [3.05, 3.63) is 52.7 Å². The van der Waals surface area contributed by atoms with E-state index in [1.54, 1.807) is 41.5 Å². The predicted molar refractivity (Wildman–Crippen MR) is 89.2 cm³/mol. The van der Waals surface area contributed by atoms with Crippen molar-refractivity contribution in [3.8, 4) is 11.4 Å². The molecule has 3 rings (SSSR count). The molecule has 0 atom stereocenters. The van der Waals surface area contributed by atoms with Crippen LogP contribution >= 0.6 is 11.3 Å². The third kappa shape index (κ3) is 4.01. The minimum absolute atomic E-state index is 0.140. The van der Waals surface area contributed by atoms with Gasteiger partial charge in [-0.1, -0.05) is 6.07 Å². The van der Waals surface area contributed by atoms with E-state index in [1.165, 1.54) is 0 Å². The number of hydrogen-bond acceptors (Lipinski definition) is 5. The molecule has 3 aromatic rings. The summed E-state index contributed by atoms with van der Waals surface area (Å²) in [6, 6.07) is 7.50. The molecule has 0 saturated heterocycles. The fraction of sp³-hybridized carbons (Fsp3) is 0.250. The second-order valence-electron chi connectivity index (χ2n) is 5.08. The van der Waals surface area contributed by atoms with Crippen molar-refractivity contribution in [2.45, 2.75) is 12.8 Å². The zero-order valence-corrected chi connectivity index (χ0v) is 13.6. The van der Waals surface area contributed by atoms with Crippen LogP contribution in [0.4, 0.5) is 0 Å². The number of rotatable bonds is 6. The number of thiazole rings is 1. The highest BCUT2D eigenvalue weighted by Crippen LogP contribution is 2.20. The van der Waals surface area contributed by atoms with Crippen molar-refractivity contribution in [2.24, 2.45) is 7.05 Å². The van der Waals surface area contributed by atoms with Gasteiger partial charge in [-0.05, 0) is 24.6 Å². The van der Waals surface area contributed by atoms with Gasteiger partial charge in [-0.2, -0.15) is 5.10 Å². The van der Waals surface area contributed by atoms with Crippen molar-refractivity contribution < 1.29 is 4.79 Å². The highest BCUT2D eigenvalue weighted by Gasteiger charge is 2.08. The Morgan fingerprint density at radius 3 is 2.96 bits per heavy atom. The van der Waals surface area contributed by atoms with Crippen molar-refractivity contribution in [1.82, 2.24) is 25.1 Å². The molecule has 0 spiro atoms. The van der Waals surface area contributed by atoms with E-state index in [0.29, 0.717) is 12.2 Å². The number of carbonyl (C=O) groups excluding carboxylic acids is 1. The van der Waals surface area contributed by atoms with Crippen LogP contribution in [0, 0.1) is 0 Å². The van der Waals surface area contributed by atoms with E-state index in [9.17, 15) is 4.79 Å². The molecule has 0 fully saturated rings. The van der Waals surface area contributed by atoms with Crippen molar-refractivity contribution >= 4 is 17.2 Å². The Balaban J connectivity index is 1.46. The first kappa shape index (κ1) is 15.4. The molecule has 118 valence electrons. The molecule has 1 amide bonds. The number of hydrogen-bond donors (Lipinski definition) is 1. The van der Waals surface area contributed by atoms with Crippen LogP contribution < -0.4 is 5.32 Å². The lowest BCUT2D eigenvalue weighted by molar-refractivity contribution is 0.0947. The lowest BCUT2D eigenvalue weighted by Crippen LogP contribution is -2.25. The van der Waals surface area contributed by atoms with Crippen LogP contribution in [0.5, 0.6) is 0 Å². The molecule has 0 aromatic carbocycles. The summed E-state index contributed by atoms with van der Waals surface area (Å²) in [6.07, 6.45) is 5.19. The normalized spacial score (nSPS) is 10.7. The van der Waals surface area contributed by atoms with Gasteiger partial charge in [0.1, 0.15) is 5.69 Å². The molecular formula is C16H17N5OS. The molecule has 6 nitrogen and oxygen atoms in total. The quantitative estimate of drug-likeness (QED) is 0.705. The Morgan fingerprint density at radius 2 is 2.22 bits per heavy atom. The predicted octanol–water partition coefficient (Wildman–Crippen LogP) is 2.30. The molecule has 0 radical (unpaired) electrons. The number of carbonyl (C=O) groups is 1. The van der Waals surface area contributed by atoms with Crippen LogP contribution in [0.25, 0.3) is 11.4 Å². The number of pyridine rings is 1. The van der Waals surface area contributed by atoms with Crippen LogP contribution in [0.1, 0.15) is 21.9 Å². The molecule has 7 heteroatoms. The molecule has 3 aromatic heterocycles. The maximum Gasteiger partial charge on any atom is 0.271 e. The van der Waals surface area contributed by atoms with E-state index < -0.39 is 0 Å². The van der Waals surface area contributed by atoms with E-state index in [1.807, 2.05) is 23.6 Å². The lowest BCUT2D eigenvalue weighted by atomic mass is 10.3. The Morgan fingerprint density at radius 1 is 1.30 bits per heavy atom. The lowest BCUT2D eigenvalue weighted by Gasteiger charge is -2.01. The maximum atomic E-state index is 11.9. The Labute approximate surface area is 138 Å². The first-order valence-corrected chi connectivity index (χ1v) is 8.24. The van der Waals surface area contributed by atoms with Crippen LogP contribution in [-0.4, -0.2) is 32.2 Å². The van der Waals surface area contributed by atoms with Crippen LogP contribution in [0.2, 0.25) is 0 Å². The molecule has 3 heterocycles. The van der Waals surface area contributed by atoms with Crippen LogP contribution in [-0.2, 0) is 13.5 Å². The summed E-state index contributed by atoms with van der Waals surface area (Å²) >= 11 is 1.62. The Bertz CT molecular complexity index is 781. The summed E-state index contributed by atoms with van der Waals surface area (Å²) in [5, 5.41) is 10.0. The van der Waals surface area contributed by atoms with Crippen molar-refractivity contribution in [2.75, 3.05) is 6.54 Å². The SMILES string of the molecule is Cn1ccc(C(=O)NCCCc2nc(-c3ccccn3)cs2)n1. The van der Waals surface area contributed by atoms with Gasteiger partial charge in [-0.15, -0.1) is 11.3 Å². The molecule has 0 aliphatic carbocycles. The van der Waals surface area contributed by atoms with E-state index in [-0.39, 0.29) is 5.91 Å². The molecule has 0 aliphatic heterocycles. The maximum absolute atomic E-state index is 11.9. The number of aryl methyl sites for hydroxylation is 2. The second-order valence-corrected chi connectivity index (χ2v) is 6.02. The fourth-order valence-corrected chi connectivity index (χ4v) is 2.96. The highest BCUT2D eigenvalue weighted by atomic mass is 32.1. The molecule has 1 N–H and O–H groups in total. The van der Waals surface area contributed by atoms with E-state index >= 15 is 0 Å². The van der Waals surface area contributed by atoms with Gasteiger partial charge >= 0.3 is 0 Å². The monoisotopic (exact) mass is 327 g/mol. The third-order valence-electron chi connectivity index (χ3n) is 3.28. The molecule has 0 unspecified atom stereocenters. The van der Waals surface area contributed by atoms with Gasteiger partial charge in [-0.25, -0.2) is 4.98 Å². The Kier molecular flexibility index (Phi) is 4.77. The van der Waals surface area contributed by atoms with Gasteiger partial charge in [0.05, 0.1) is 16.4 Å². The average molecular weight is 327 g/mol. The smallest absolute Gasteiger partial charge is 0.271 e. The van der Waals surface area contributed by atoms with E-state index in [0.717, 1.165) is 29.2 Å². The second kappa shape index (κ2) is 7.15. The standard InChI is InChI=1S/C16H17N5OS/c1-21-10-7-13(20-21)16(22)18-9-4-6-15-19-14(11-23-15)12-5-2-3-8-17-12/h2-3,5,7-8,10-11H,4,6,9H2,1H3,(H,18,22). The number of aromatic nitrogens is 4. The number of nitrogens with zero attached hydrogens (tertiary/aromatic N) is 4. The van der Waals surface area contributed by atoms with Gasteiger partial charge < -0.3 is 5.32 Å². The number of nitrogens with one attached hydrogen (secondary N) is 1. The molecule has 0 saturated carbocycles. The molecule has 23 heavy (non-hydrogen) atoms. The van der Waals surface area contributed by atoms with E-state index in [2.05, 4.69) is 20.4 Å². The van der Waals surface area contributed by atoms with Gasteiger partial charge in [-0.3, -0.25) is 14.5 Å². The topological polar surface area (TPSA) is 72.7 Å². The van der Waals surface area contributed by atoms with Crippen molar-refractivity contribution in [3.63, 3.8) is 0 Å². The van der Waals surface area contributed by atoms with Crippen molar-refractivity contribution in [1.29, 1.82) is 0 Å². The summed E-state index contributed by atoms with van der Waals surface area (Å²) < 4.78 is 1.61. The van der Waals surface area contributed by atoms with E-state index in [4.69, 9.17) is 0 Å². The minimum atomic E-state index is -0.140. The summed E-state index contributed by atoms with van der Waals surface area (Å²) in [4.78, 5) is 20.7. The van der Waals surface area contributed by atoms with Gasteiger partial charge in [0, 0.05) is 37.8 Å². The number of amides is 1. The van der Waals surface area contributed by atoms with Crippen LogP contribution in [0.15, 0.2) is 42.0 Å². The fourth-order valence-electron chi connectivity index (χ4n) is 2.13. The Hall–Kier alpha value is -2.54. The molecule has 0 bridgehead atoms. The first-order valence-electron chi connectivity index (χ1n) is 7.36. The molecular weight excluding hydrogens is 310 g/mol. The summed E-state index contributed by atoms with van der Waals surface area (Å²) in [5.41, 5.74) is 2.24. The van der Waals surface area contributed by atoms with Crippen LogP contribution in [0.3, 0.4) is 0 Å². The highest BCUT2D eigenvalue weighted by molar-refractivity contribution is 7.09. The largest absolute Gasteiger partial charge is 0.351 e. The summed E-state index contributed by atoms with van der Waals surface area (Å²) in [5.74, 6) is -0.140. The minimum Gasteiger partial charge on any atom is -0.351 e.